The van der Waals surface area contributed by atoms with Gasteiger partial charge >= 0.3 is 0 Å². The van der Waals surface area contributed by atoms with Crippen molar-refractivity contribution in [2.24, 2.45) is 5.92 Å². The van der Waals surface area contributed by atoms with Crippen LogP contribution in [0.1, 0.15) is 43.2 Å². The maximum absolute atomic E-state index is 9.59. The van der Waals surface area contributed by atoms with E-state index in [-0.39, 0.29) is 13.2 Å². The van der Waals surface area contributed by atoms with Crippen LogP contribution in [0.15, 0.2) is 28.8 Å². The molecule has 0 aliphatic heterocycles. The number of pyridine rings is 1. The average Bonchev–Trinajstić information content (AvgIpc) is 3.21. The van der Waals surface area contributed by atoms with Crippen molar-refractivity contribution in [1.29, 1.82) is 0 Å². The molecule has 2 aromatic heterocycles. The molecule has 7 nitrogen and oxygen atoms in total. The van der Waals surface area contributed by atoms with E-state index in [1.165, 1.54) is 0 Å². The van der Waals surface area contributed by atoms with Crippen molar-refractivity contribution >= 4 is 0 Å². The van der Waals surface area contributed by atoms with Crippen LogP contribution in [-0.4, -0.2) is 44.7 Å². The number of ether oxygens (including phenoxy) is 1. The van der Waals surface area contributed by atoms with E-state index >= 15 is 0 Å². The number of aliphatic hydroxyl groups is 2. The highest BCUT2D eigenvalue weighted by Gasteiger charge is 2.17. The molecule has 0 bridgehead atoms. The second-order valence-corrected chi connectivity index (χ2v) is 8.32. The van der Waals surface area contributed by atoms with Crippen LogP contribution in [0.2, 0.25) is 0 Å². The van der Waals surface area contributed by atoms with Gasteiger partial charge in [0.1, 0.15) is 24.2 Å². The van der Waals surface area contributed by atoms with Crippen LogP contribution in [-0.2, 0) is 12.8 Å². The Morgan fingerprint density at radius 1 is 1.10 bits per heavy atom. The van der Waals surface area contributed by atoms with Gasteiger partial charge in [0.2, 0.25) is 5.82 Å². The van der Waals surface area contributed by atoms with Crippen LogP contribution in [0, 0.1) is 19.8 Å². The standard InChI is InChI=1S/C24H31N3O4/c1-6-17-11-18(10-16(5)22(17)30-13-20(29)12-28)23-26-24(31-27-23)21-9-15(4)8-19(25-21)7-14(2)3/h8-11,14,20,28-29H,6-7,12-13H2,1-5H3/t20-/m0/s1. The SMILES string of the molecule is CCc1cc(-c2noc(-c3cc(C)cc(CC(C)C)n3)n2)cc(C)c1OC[C@@H](O)CO. The van der Waals surface area contributed by atoms with Gasteiger partial charge in [0.25, 0.3) is 5.89 Å². The molecule has 0 spiro atoms. The van der Waals surface area contributed by atoms with E-state index in [1.54, 1.807) is 0 Å². The van der Waals surface area contributed by atoms with E-state index in [0.29, 0.717) is 29.1 Å². The maximum Gasteiger partial charge on any atom is 0.276 e. The molecule has 3 rings (SSSR count). The number of aryl methyl sites for hydroxylation is 3. The molecule has 7 heteroatoms. The summed E-state index contributed by atoms with van der Waals surface area (Å²) < 4.78 is 11.3. The van der Waals surface area contributed by atoms with Gasteiger partial charge in [-0.15, -0.1) is 0 Å². The van der Waals surface area contributed by atoms with Gasteiger partial charge < -0.3 is 19.5 Å². The number of aliphatic hydroxyl groups excluding tert-OH is 2. The normalized spacial score (nSPS) is 12.4. The highest BCUT2D eigenvalue weighted by Crippen LogP contribution is 2.31. The molecule has 0 amide bonds. The van der Waals surface area contributed by atoms with Gasteiger partial charge in [0, 0.05) is 11.3 Å². The van der Waals surface area contributed by atoms with E-state index in [9.17, 15) is 5.11 Å². The van der Waals surface area contributed by atoms with Gasteiger partial charge in [-0.2, -0.15) is 4.98 Å². The lowest BCUT2D eigenvalue weighted by molar-refractivity contribution is 0.0531. The van der Waals surface area contributed by atoms with E-state index in [2.05, 4.69) is 30.1 Å². The summed E-state index contributed by atoms with van der Waals surface area (Å²) >= 11 is 0. The lowest BCUT2D eigenvalue weighted by Crippen LogP contribution is -2.22. The summed E-state index contributed by atoms with van der Waals surface area (Å²) in [7, 11) is 0. The predicted molar refractivity (Wildman–Crippen MR) is 119 cm³/mol. The van der Waals surface area contributed by atoms with Gasteiger partial charge in [0.15, 0.2) is 0 Å². The van der Waals surface area contributed by atoms with Crippen molar-refractivity contribution in [2.75, 3.05) is 13.2 Å². The van der Waals surface area contributed by atoms with Crippen LogP contribution in [0.3, 0.4) is 0 Å². The quantitative estimate of drug-likeness (QED) is 0.536. The van der Waals surface area contributed by atoms with Crippen LogP contribution in [0.4, 0.5) is 0 Å². The summed E-state index contributed by atoms with van der Waals surface area (Å²) in [5, 5.41) is 22.8. The van der Waals surface area contributed by atoms with E-state index in [1.807, 2.05) is 39.0 Å². The van der Waals surface area contributed by atoms with Gasteiger partial charge in [0.05, 0.1) is 6.61 Å². The highest BCUT2D eigenvalue weighted by molar-refractivity contribution is 5.63. The summed E-state index contributed by atoms with van der Waals surface area (Å²) in [5.41, 5.74) is 5.50. The molecule has 3 aromatic rings. The largest absolute Gasteiger partial charge is 0.490 e. The Bertz CT molecular complexity index is 1030. The Balaban J connectivity index is 1.90. The first-order valence-corrected chi connectivity index (χ1v) is 10.7. The Morgan fingerprint density at radius 2 is 1.87 bits per heavy atom. The van der Waals surface area contributed by atoms with Crippen LogP contribution < -0.4 is 4.74 Å². The summed E-state index contributed by atoms with van der Waals surface area (Å²) in [4.78, 5) is 9.30. The maximum atomic E-state index is 9.59. The zero-order valence-electron chi connectivity index (χ0n) is 18.8. The van der Waals surface area contributed by atoms with Gasteiger partial charge in [-0.25, -0.2) is 4.98 Å². The van der Waals surface area contributed by atoms with Crippen LogP contribution >= 0.6 is 0 Å². The second-order valence-electron chi connectivity index (χ2n) is 8.32. The van der Waals surface area contributed by atoms with Crippen molar-refractivity contribution < 1.29 is 19.5 Å². The smallest absolute Gasteiger partial charge is 0.276 e. The van der Waals surface area contributed by atoms with Crippen molar-refractivity contribution in [3.05, 3.63) is 46.6 Å². The molecular formula is C24H31N3O4. The minimum absolute atomic E-state index is 0.0355. The van der Waals surface area contributed by atoms with Crippen LogP contribution in [0.5, 0.6) is 5.75 Å². The summed E-state index contributed by atoms with van der Waals surface area (Å²) in [5.74, 6) is 2.10. The summed E-state index contributed by atoms with van der Waals surface area (Å²) in [6.45, 7) is 10.0. The predicted octanol–water partition coefficient (Wildman–Crippen LogP) is 3.91. The van der Waals surface area contributed by atoms with E-state index in [4.69, 9.17) is 19.4 Å². The van der Waals surface area contributed by atoms with E-state index in [0.717, 1.165) is 40.8 Å². The van der Waals surface area contributed by atoms with Crippen molar-refractivity contribution in [3.8, 4) is 28.7 Å². The third kappa shape index (κ3) is 5.68. The molecule has 2 heterocycles. The highest BCUT2D eigenvalue weighted by atomic mass is 16.5. The molecule has 0 unspecified atom stereocenters. The average molecular weight is 426 g/mol. The number of hydrogen-bond acceptors (Lipinski definition) is 7. The lowest BCUT2D eigenvalue weighted by Gasteiger charge is -2.16. The van der Waals surface area contributed by atoms with Crippen molar-refractivity contribution in [2.45, 2.75) is 53.6 Å². The first-order valence-electron chi connectivity index (χ1n) is 10.7. The molecule has 31 heavy (non-hydrogen) atoms. The third-order valence-corrected chi connectivity index (χ3v) is 4.91. The third-order valence-electron chi connectivity index (χ3n) is 4.91. The molecule has 0 aliphatic rings. The molecule has 0 saturated heterocycles. The molecule has 0 fully saturated rings. The summed E-state index contributed by atoms with van der Waals surface area (Å²) in [6.07, 6.45) is 0.717. The van der Waals surface area contributed by atoms with Gasteiger partial charge in [-0.05, 0) is 73.6 Å². The van der Waals surface area contributed by atoms with Gasteiger partial charge in [-0.1, -0.05) is 25.9 Å². The molecule has 0 saturated carbocycles. The fourth-order valence-electron chi connectivity index (χ4n) is 3.49. The molecule has 2 N–H and O–H groups in total. The molecule has 0 aliphatic carbocycles. The molecule has 166 valence electrons. The zero-order chi connectivity index (χ0) is 22.5. The first kappa shape index (κ1) is 22.9. The summed E-state index contributed by atoms with van der Waals surface area (Å²) in [6, 6.07) is 7.94. The first-order chi connectivity index (χ1) is 14.8. The fourth-order valence-corrected chi connectivity index (χ4v) is 3.49. The second kappa shape index (κ2) is 10.0. The molecule has 0 radical (unpaired) electrons. The van der Waals surface area contributed by atoms with E-state index < -0.39 is 6.10 Å². The van der Waals surface area contributed by atoms with Gasteiger partial charge in [-0.3, -0.25) is 0 Å². The Hall–Kier alpha value is -2.77. The number of nitrogens with zero attached hydrogens (tertiary/aromatic N) is 3. The Labute approximate surface area is 183 Å². The number of rotatable bonds is 9. The van der Waals surface area contributed by atoms with Crippen molar-refractivity contribution in [3.63, 3.8) is 0 Å². The Kier molecular flexibility index (Phi) is 7.41. The van der Waals surface area contributed by atoms with Crippen LogP contribution in [0.25, 0.3) is 23.0 Å². The Morgan fingerprint density at radius 3 is 2.55 bits per heavy atom. The number of aromatic nitrogens is 3. The monoisotopic (exact) mass is 425 g/mol. The topological polar surface area (TPSA) is 102 Å². The number of benzene rings is 1. The van der Waals surface area contributed by atoms with Crippen molar-refractivity contribution in [1.82, 2.24) is 15.1 Å². The minimum Gasteiger partial charge on any atom is -0.490 e. The minimum atomic E-state index is -0.911. The molecule has 1 aromatic carbocycles. The molecule has 1 atom stereocenters. The molecular weight excluding hydrogens is 394 g/mol. The fraction of sp³-hybridized carbons (Fsp3) is 0.458. The number of hydrogen-bond donors (Lipinski definition) is 2. The zero-order valence-corrected chi connectivity index (χ0v) is 18.8. The lowest BCUT2D eigenvalue weighted by atomic mass is 10.0.